The molecule has 132 valence electrons. The van der Waals surface area contributed by atoms with Gasteiger partial charge in [0, 0.05) is 5.02 Å². The van der Waals surface area contributed by atoms with Gasteiger partial charge in [0.2, 0.25) is 0 Å². The molecule has 2 amide bonds. The number of rotatable bonds is 4. The van der Waals surface area contributed by atoms with Crippen LogP contribution >= 0.6 is 23.4 Å². The Labute approximate surface area is 157 Å². The number of hydrogen-bond donors (Lipinski definition) is 1. The van der Waals surface area contributed by atoms with E-state index in [1.165, 1.54) is 30.3 Å². The first-order valence-electron chi connectivity index (χ1n) is 7.38. The van der Waals surface area contributed by atoms with E-state index >= 15 is 0 Å². The quantitative estimate of drug-likeness (QED) is 0.781. The highest BCUT2D eigenvalue weighted by molar-refractivity contribution is 8.18. The van der Waals surface area contributed by atoms with E-state index in [9.17, 15) is 18.8 Å². The third-order valence-corrected chi connectivity index (χ3v) is 4.93. The minimum atomic E-state index is -1.05. The minimum Gasteiger partial charge on any atom is -0.478 e. The van der Waals surface area contributed by atoms with Crippen molar-refractivity contribution in [3.05, 3.63) is 74.9 Å². The number of benzene rings is 2. The summed E-state index contributed by atoms with van der Waals surface area (Å²) >= 11 is 6.73. The summed E-state index contributed by atoms with van der Waals surface area (Å²) in [5.74, 6) is -2.03. The van der Waals surface area contributed by atoms with E-state index in [0.29, 0.717) is 11.1 Å². The minimum absolute atomic E-state index is 0.0565. The number of nitrogens with zero attached hydrogens (tertiary/aromatic N) is 1. The molecule has 1 N–H and O–H groups in total. The average molecular weight is 392 g/mol. The van der Waals surface area contributed by atoms with E-state index in [1.807, 2.05) is 0 Å². The molecule has 0 saturated carbocycles. The fourth-order valence-electron chi connectivity index (χ4n) is 2.33. The maximum atomic E-state index is 13.1. The van der Waals surface area contributed by atoms with Gasteiger partial charge in [0.1, 0.15) is 5.82 Å². The van der Waals surface area contributed by atoms with Crippen molar-refractivity contribution in [3.63, 3.8) is 0 Å². The Bertz CT molecular complexity index is 943. The van der Waals surface area contributed by atoms with Gasteiger partial charge >= 0.3 is 5.97 Å². The zero-order chi connectivity index (χ0) is 18.8. The number of carboxylic acid groups (broad SMARTS) is 1. The molecule has 2 aromatic carbocycles. The van der Waals surface area contributed by atoms with E-state index in [1.54, 1.807) is 12.1 Å². The summed E-state index contributed by atoms with van der Waals surface area (Å²) in [6, 6.07) is 9.68. The average Bonchev–Trinajstić information content (AvgIpc) is 2.85. The van der Waals surface area contributed by atoms with Crippen molar-refractivity contribution in [2.24, 2.45) is 0 Å². The fraction of sp³-hybridized carbons (Fsp3) is 0.0556. The van der Waals surface area contributed by atoms with Gasteiger partial charge in [-0.2, -0.15) is 0 Å². The van der Waals surface area contributed by atoms with Gasteiger partial charge in [0.25, 0.3) is 11.1 Å². The lowest BCUT2D eigenvalue weighted by molar-refractivity contribution is -0.123. The maximum absolute atomic E-state index is 13.1. The molecule has 3 rings (SSSR count). The molecular weight excluding hydrogens is 381 g/mol. The van der Waals surface area contributed by atoms with E-state index in [0.717, 1.165) is 22.7 Å². The Balaban J connectivity index is 1.80. The molecule has 8 heteroatoms. The monoisotopic (exact) mass is 391 g/mol. The zero-order valence-corrected chi connectivity index (χ0v) is 14.7. The number of carbonyl (C=O) groups is 3. The molecule has 0 spiro atoms. The Kier molecular flexibility index (Phi) is 5.11. The SMILES string of the molecule is O=C(O)c1ccc(/C=C2/SC(=O)N(Cc3ccc(F)cc3Cl)C2=O)cc1. The normalized spacial score (nSPS) is 15.8. The van der Waals surface area contributed by atoms with Crippen molar-refractivity contribution in [2.45, 2.75) is 6.54 Å². The summed E-state index contributed by atoms with van der Waals surface area (Å²) in [6.45, 7) is -0.0565. The molecular formula is C18H11ClFNO4S. The molecule has 1 saturated heterocycles. The molecule has 0 aliphatic carbocycles. The lowest BCUT2D eigenvalue weighted by Gasteiger charge is -2.13. The van der Waals surface area contributed by atoms with Crippen LogP contribution in [0, 0.1) is 5.82 Å². The number of halogens is 2. The first-order valence-corrected chi connectivity index (χ1v) is 8.57. The predicted molar refractivity (Wildman–Crippen MR) is 96.3 cm³/mol. The molecule has 0 radical (unpaired) electrons. The second-order valence-corrected chi connectivity index (χ2v) is 6.83. The molecule has 1 aliphatic rings. The molecule has 26 heavy (non-hydrogen) atoms. The van der Waals surface area contributed by atoms with Crippen molar-refractivity contribution < 1.29 is 23.9 Å². The largest absolute Gasteiger partial charge is 0.478 e. The van der Waals surface area contributed by atoms with Crippen LogP contribution in [0.5, 0.6) is 0 Å². The summed E-state index contributed by atoms with van der Waals surface area (Å²) in [6.07, 6.45) is 1.52. The van der Waals surface area contributed by atoms with Gasteiger partial charge in [-0.1, -0.05) is 29.8 Å². The van der Waals surface area contributed by atoms with Crippen LogP contribution in [0.4, 0.5) is 9.18 Å². The summed E-state index contributed by atoms with van der Waals surface area (Å²) < 4.78 is 13.1. The number of carbonyl (C=O) groups excluding carboxylic acids is 2. The summed E-state index contributed by atoms with van der Waals surface area (Å²) in [5.41, 5.74) is 1.18. The van der Waals surface area contributed by atoms with Crippen LogP contribution in [-0.2, 0) is 11.3 Å². The van der Waals surface area contributed by atoms with Gasteiger partial charge in [0.05, 0.1) is 17.0 Å². The molecule has 0 atom stereocenters. The molecule has 0 bridgehead atoms. The fourth-order valence-corrected chi connectivity index (χ4v) is 3.40. The number of carboxylic acids is 1. The Morgan fingerprint density at radius 1 is 1.19 bits per heavy atom. The second-order valence-electron chi connectivity index (χ2n) is 5.43. The lowest BCUT2D eigenvalue weighted by atomic mass is 10.1. The smallest absolute Gasteiger partial charge is 0.335 e. The van der Waals surface area contributed by atoms with Crippen LogP contribution in [0.15, 0.2) is 47.4 Å². The number of imide groups is 1. The number of hydrogen-bond acceptors (Lipinski definition) is 4. The van der Waals surface area contributed by atoms with Gasteiger partial charge in [-0.3, -0.25) is 14.5 Å². The van der Waals surface area contributed by atoms with Crippen LogP contribution in [0.1, 0.15) is 21.5 Å². The van der Waals surface area contributed by atoms with Gasteiger partial charge < -0.3 is 5.11 Å². The zero-order valence-electron chi connectivity index (χ0n) is 13.1. The molecule has 5 nitrogen and oxygen atoms in total. The van der Waals surface area contributed by atoms with Crippen LogP contribution in [-0.4, -0.2) is 27.1 Å². The van der Waals surface area contributed by atoms with Crippen molar-refractivity contribution >= 4 is 46.6 Å². The maximum Gasteiger partial charge on any atom is 0.335 e. The van der Waals surface area contributed by atoms with Crippen LogP contribution < -0.4 is 0 Å². The van der Waals surface area contributed by atoms with E-state index in [-0.39, 0.29) is 22.0 Å². The molecule has 1 heterocycles. The van der Waals surface area contributed by atoms with Crippen molar-refractivity contribution in [2.75, 3.05) is 0 Å². The molecule has 2 aromatic rings. The molecule has 1 fully saturated rings. The van der Waals surface area contributed by atoms with E-state index in [4.69, 9.17) is 16.7 Å². The predicted octanol–water partition coefficient (Wildman–Crippen LogP) is 4.41. The first kappa shape index (κ1) is 18.2. The number of thioether (sulfide) groups is 1. The third-order valence-electron chi connectivity index (χ3n) is 3.67. The highest BCUT2D eigenvalue weighted by atomic mass is 35.5. The van der Waals surface area contributed by atoms with Crippen LogP contribution in [0.25, 0.3) is 6.08 Å². The van der Waals surface area contributed by atoms with Gasteiger partial charge in [-0.05, 0) is 53.2 Å². The van der Waals surface area contributed by atoms with E-state index in [2.05, 4.69) is 0 Å². The topological polar surface area (TPSA) is 74.7 Å². The standard InChI is InChI=1S/C18H11ClFNO4S/c19-14-8-13(20)6-5-12(14)9-21-16(22)15(26-18(21)25)7-10-1-3-11(4-2-10)17(23)24/h1-8H,9H2,(H,23,24)/b15-7+. The van der Waals surface area contributed by atoms with Crippen molar-refractivity contribution in [1.29, 1.82) is 0 Å². The van der Waals surface area contributed by atoms with E-state index < -0.39 is 22.9 Å². The Morgan fingerprint density at radius 2 is 1.88 bits per heavy atom. The van der Waals surface area contributed by atoms with Crippen molar-refractivity contribution in [1.82, 2.24) is 4.90 Å². The lowest BCUT2D eigenvalue weighted by Crippen LogP contribution is -2.27. The number of aromatic carboxylic acids is 1. The molecule has 0 unspecified atom stereocenters. The molecule has 0 aromatic heterocycles. The Hall–Kier alpha value is -2.64. The molecule has 1 aliphatic heterocycles. The summed E-state index contributed by atoms with van der Waals surface area (Å²) in [5, 5.41) is 8.57. The highest BCUT2D eigenvalue weighted by Gasteiger charge is 2.35. The van der Waals surface area contributed by atoms with Crippen LogP contribution in [0.2, 0.25) is 5.02 Å². The van der Waals surface area contributed by atoms with Crippen molar-refractivity contribution in [3.8, 4) is 0 Å². The Morgan fingerprint density at radius 3 is 2.50 bits per heavy atom. The number of amides is 2. The summed E-state index contributed by atoms with van der Waals surface area (Å²) in [7, 11) is 0. The van der Waals surface area contributed by atoms with Gasteiger partial charge in [-0.25, -0.2) is 9.18 Å². The highest BCUT2D eigenvalue weighted by Crippen LogP contribution is 2.34. The van der Waals surface area contributed by atoms with Gasteiger partial charge in [0.15, 0.2) is 0 Å². The first-order chi connectivity index (χ1) is 12.3. The third kappa shape index (κ3) is 3.79. The van der Waals surface area contributed by atoms with Crippen LogP contribution in [0.3, 0.4) is 0 Å². The second kappa shape index (κ2) is 7.31. The summed E-state index contributed by atoms with van der Waals surface area (Å²) in [4.78, 5) is 36.7. The van der Waals surface area contributed by atoms with Gasteiger partial charge in [-0.15, -0.1) is 0 Å².